The first kappa shape index (κ1) is 14.1. The van der Waals surface area contributed by atoms with Gasteiger partial charge in [-0.3, -0.25) is 0 Å². The van der Waals surface area contributed by atoms with Crippen LogP contribution in [0.1, 0.15) is 33.3 Å². The van der Waals surface area contributed by atoms with Crippen molar-refractivity contribution < 1.29 is 0 Å². The molecule has 0 spiro atoms. The fraction of sp³-hybridized carbons (Fsp3) is 0.538. The molecule has 0 aromatic heterocycles. The molecule has 0 saturated carbocycles. The average molecular weight is 302 g/mol. The second kappa shape index (κ2) is 5.56. The normalized spacial score (nSPS) is 13.9. The Balaban J connectivity index is 2.98. The van der Waals surface area contributed by atoms with Crippen LogP contribution in [0.15, 0.2) is 27.6 Å². The molecule has 2 N–H and O–H groups in total. The minimum absolute atomic E-state index is 0.202. The highest BCUT2D eigenvalue weighted by Gasteiger charge is 2.15. The molecule has 16 heavy (non-hydrogen) atoms. The third kappa shape index (κ3) is 4.89. The molecule has 0 saturated heterocycles. The Morgan fingerprint density at radius 1 is 1.38 bits per heavy atom. The van der Waals surface area contributed by atoms with E-state index >= 15 is 0 Å². The van der Waals surface area contributed by atoms with E-state index < -0.39 is 0 Å². The Bertz CT molecular complexity index is 355. The second-order valence-electron chi connectivity index (χ2n) is 5.15. The molecule has 0 radical (unpaired) electrons. The third-order valence-corrected chi connectivity index (χ3v) is 3.70. The van der Waals surface area contributed by atoms with E-state index in [2.05, 4.69) is 54.9 Å². The monoisotopic (exact) mass is 301 g/mol. The molecule has 0 fully saturated rings. The van der Waals surface area contributed by atoms with E-state index in [1.54, 1.807) is 0 Å². The van der Waals surface area contributed by atoms with Gasteiger partial charge in [0, 0.05) is 20.2 Å². The number of rotatable bonds is 3. The Morgan fingerprint density at radius 3 is 2.50 bits per heavy atom. The summed E-state index contributed by atoms with van der Waals surface area (Å²) in [6.45, 7) is 8.74. The van der Waals surface area contributed by atoms with Gasteiger partial charge in [0.05, 0.1) is 0 Å². The topological polar surface area (TPSA) is 26.0 Å². The van der Waals surface area contributed by atoms with Crippen LogP contribution in [-0.2, 0) is 6.42 Å². The molecule has 0 aliphatic carbocycles. The predicted octanol–water partition coefficient (Wildman–Crippen LogP) is 4.23. The molecule has 1 atom stereocenters. The summed E-state index contributed by atoms with van der Waals surface area (Å²) in [6, 6.07) is 6.65. The summed E-state index contributed by atoms with van der Waals surface area (Å²) in [5, 5.41) is 0. The number of halogens is 1. The lowest BCUT2D eigenvalue weighted by Gasteiger charge is -2.20. The van der Waals surface area contributed by atoms with Crippen LogP contribution in [0.25, 0.3) is 0 Å². The first-order valence-corrected chi connectivity index (χ1v) is 7.12. The molecule has 1 unspecified atom stereocenters. The summed E-state index contributed by atoms with van der Waals surface area (Å²) >= 11 is 5.42. The van der Waals surface area contributed by atoms with Crippen molar-refractivity contribution in [2.45, 2.75) is 49.8 Å². The van der Waals surface area contributed by atoms with E-state index in [0.29, 0.717) is 0 Å². The van der Waals surface area contributed by atoms with Gasteiger partial charge < -0.3 is 5.73 Å². The Hall–Kier alpha value is 0.01000. The van der Waals surface area contributed by atoms with Gasteiger partial charge in [-0.1, -0.05) is 36.7 Å². The van der Waals surface area contributed by atoms with Crippen molar-refractivity contribution >= 4 is 27.7 Å². The maximum absolute atomic E-state index is 5.88. The predicted molar refractivity (Wildman–Crippen MR) is 77.1 cm³/mol. The molecule has 90 valence electrons. The lowest BCUT2D eigenvalue weighted by atomic mass is 10.1. The van der Waals surface area contributed by atoms with Gasteiger partial charge in [-0.2, -0.15) is 0 Å². The first-order valence-electron chi connectivity index (χ1n) is 5.51. The summed E-state index contributed by atoms with van der Waals surface area (Å²) in [6.07, 6.45) is 0.928. The van der Waals surface area contributed by atoms with Crippen molar-refractivity contribution in [2.75, 3.05) is 0 Å². The highest BCUT2D eigenvalue weighted by atomic mass is 79.9. The zero-order valence-corrected chi connectivity index (χ0v) is 12.8. The van der Waals surface area contributed by atoms with Crippen molar-refractivity contribution in [3.05, 3.63) is 28.2 Å². The van der Waals surface area contributed by atoms with Crippen molar-refractivity contribution in [2.24, 2.45) is 5.73 Å². The van der Waals surface area contributed by atoms with Crippen LogP contribution in [0.4, 0.5) is 0 Å². The number of hydrogen-bond acceptors (Lipinski definition) is 2. The first-order chi connectivity index (χ1) is 7.28. The molecule has 1 rings (SSSR count). The van der Waals surface area contributed by atoms with Crippen LogP contribution >= 0.6 is 27.7 Å². The maximum atomic E-state index is 5.88. The molecular weight excluding hydrogens is 282 g/mol. The number of benzene rings is 1. The molecule has 0 amide bonds. The van der Waals surface area contributed by atoms with Gasteiger partial charge in [-0.05, 0) is 37.1 Å². The van der Waals surface area contributed by atoms with Crippen molar-refractivity contribution in [3.8, 4) is 0 Å². The van der Waals surface area contributed by atoms with Crippen LogP contribution in [0, 0.1) is 0 Å². The van der Waals surface area contributed by atoms with E-state index in [-0.39, 0.29) is 10.8 Å². The molecule has 1 aromatic rings. The fourth-order valence-electron chi connectivity index (χ4n) is 1.48. The van der Waals surface area contributed by atoms with E-state index in [0.717, 1.165) is 10.9 Å². The van der Waals surface area contributed by atoms with Gasteiger partial charge in [0.15, 0.2) is 0 Å². The molecule has 1 nitrogen and oxygen atoms in total. The second-order valence-corrected chi connectivity index (χ2v) is 7.93. The summed E-state index contributed by atoms with van der Waals surface area (Å²) in [5.41, 5.74) is 7.22. The van der Waals surface area contributed by atoms with E-state index in [4.69, 9.17) is 5.73 Å². The van der Waals surface area contributed by atoms with E-state index in [1.165, 1.54) is 10.5 Å². The van der Waals surface area contributed by atoms with Gasteiger partial charge in [0.1, 0.15) is 0 Å². The third-order valence-electron chi connectivity index (χ3n) is 1.98. The minimum Gasteiger partial charge on any atom is -0.328 e. The summed E-state index contributed by atoms with van der Waals surface area (Å²) in [5.74, 6) is 0. The van der Waals surface area contributed by atoms with Crippen LogP contribution in [0.3, 0.4) is 0 Å². The Labute approximate surface area is 111 Å². The highest BCUT2D eigenvalue weighted by molar-refractivity contribution is 9.10. The largest absolute Gasteiger partial charge is 0.328 e. The van der Waals surface area contributed by atoms with Crippen molar-refractivity contribution in [3.63, 3.8) is 0 Å². The number of hydrogen-bond donors (Lipinski definition) is 1. The maximum Gasteiger partial charge on any atom is 0.0178 e. The van der Waals surface area contributed by atoms with E-state index in [9.17, 15) is 0 Å². The lowest BCUT2D eigenvalue weighted by Crippen LogP contribution is -2.18. The average Bonchev–Trinajstić information content (AvgIpc) is 2.06. The zero-order valence-electron chi connectivity index (χ0n) is 10.4. The van der Waals surface area contributed by atoms with E-state index in [1.807, 2.05) is 18.7 Å². The smallest absolute Gasteiger partial charge is 0.0178 e. The summed E-state index contributed by atoms with van der Waals surface area (Å²) in [4.78, 5) is 1.34. The summed E-state index contributed by atoms with van der Waals surface area (Å²) in [7, 11) is 0. The van der Waals surface area contributed by atoms with Gasteiger partial charge >= 0.3 is 0 Å². The van der Waals surface area contributed by atoms with Crippen LogP contribution in [0.2, 0.25) is 0 Å². The molecular formula is C13H20BrNS. The molecule has 1 aromatic carbocycles. The Kier molecular flexibility index (Phi) is 4.89. The van der Waals surface area contributed by atoms with Gasteiger partial charge in [-0.25, -0.2) is 0 Å². The van der Waals surface area contributed by atoms with Gasteiger partial charge in [0.2, 0.25) is 0 Å². The highest BCUT2D eigenvalue weighted by Crippen LogP contribution is 2.35. The molecule has 3 heteroatoms. The molecule has 0 heterocycles. The molecule has 0 bridgehead atoms. The zero-order chi connectivity index (χ0) is 12.3. The van der Waals surface area contributed by atoms with Gasteiger partial charge in [0.25, 0.3) is 0 Å². The number of thioether (sulfide) groups is 1. The minimum atomic E-state index is 0.202. The van der Waals surface area contributed by atoms with Crippen LogP contribution in [0.5, 0.6) is 0 Å². The molecule has 0 aliphatic heterocycles. The SMILES string of the molecule is CC(N)Cc1cc(Br)ccc1SC(C)(C)C. The van der Waals surface area contributed by atoms with Crippen LogP contribution < -0.4 is 5.73 Å². The standard InChI is InChI=1S/C13H20BrNS/c1-9(15)7-10-8-11(14)5-6-12(10)16-13(2,3)4/h5-6,8-9H,7,15H2,1-4H3. The van der Waals surface area contributed by atoms with Crippen LogP contribution in [-0.4, -0.2) is 10.8 Å². The van der Waals surface area contributed by atoms with Crippen molar-refractivity contribution in [1.82, 2.24) is 0 Å². The number of nitrogens with two attached hydrogens (primary N) is 1. The fourth-order valence-corrected chi connectivity index (χ4v) is 2.96. The van der Waals surface area contributed by atoms with Crippen molar-refractivity contribution in [1.29, 1.82) is 0 Å². The molecule has 0 aliphatic rings. The van der Waals surface area contributed by atoms with Gasteiger partial charge in [-0.15, -0.1) is 11.8 Å². The summed E-state index contributed by atoms with van der Waals surface area (Å²) < 4.78 is 1.36. The Morgan fingerprint density at radius 2 is 2.00 bits per heavy atom. The quantitative estimate of drug-likeness (QED) is 0.846. The lowest BCUT2D eigenvalue weighted by molar-refractivity contribution is 0.727.